The number of rotatable bonds is 9. The number of nitrogens with one attached hydrogen (secondary N) is 1. The van der Waals surface area contributed by atoms with Crippen molar-refractivity contribution in [3.63, 3.8) is 0 Å². The number of carbonyl (C=O) groups excluding carboxylic acids is 1. The lowest BCUT2D eigenvalue weighted by Gasteiger charge is -2.40. The summed E-state index contributed by atoms with van der Waals surface area (Å²) in [5.41, 5.74) is 3.19. The Labute approximate surface area is 220 Å². The number of fused-ring (bicyclic) bond motifs is 1. The van der Waals surface area contributed by atoms with Crippen LogP contribution in [0.4, 0.5) is 10.2 Å². The second-order valence-corrected chi connectivity index (χ2v) is 10.5. The van der Waals surface area contributed by atoms with Crippen molar-refractivity contribution in [2.24, 2.45) is 0 Å². The molecule has 10 heteroatoms. The minimum absolute atomic E-state index is 0.128. The average molecular weight is 522 g/mol. The fraction of sp³-hybridized carbons (Fsp3) is 0.407. The molecule has 8 nitrogen and oxygen atoms in total. The minimum atomic E-state index is -0.255. The van der Waals surface area contributed by atoms with Crippen molar-refractivity contribution in [3.05, 3.63) is 53.4 Å². The van der Waals surface area contributed by atoms with Crippen LogP contribution in [-0.4, -0.2) is 68.7 Å². The number of likely N-dealkylation sites (N-methyl/N-ethyl adjacent to an activating group) is 1. The standard InChI is InChI=1S/C27H32FN7OS/c1-5-33(6-2)18(4)15-29-27(36)19-13-22(31-25(14-19)34-11-9-17(34)3)20-16-30-35-12-10-21(32-26(20)35)23-7-8-24(28)37-23/h7-8,10,12-14,16-18H,5-6,9,11,15H2,1-4H3,(H,29,36)/t17-,18+/m1/s1. The van der Waals surface area contributed by atoms with Gasteiger partial charge in [-0.15, -0.1) is 11.3 Å². The van der Waals surface area contributed by atoms with Crippen LogP contribution in [0.5, 0.6) is 0 Å². The normalized spacial score (nSPS) is 16.3. The SMILES string of the molecule is CCN(CC)[C@@H](C)CNC(=O)c1cc(-c2cnn3ccc(-c4ccc(F)s4)nc23)nc(N2CC[C@H]2C)c1. The molecule has 0 bridgehead atoms. The maximum Gasteiger partial charge on any atom is 0.251 e. The first-order valence-corrected chi connectivity index (χ1v) is 13.6. The topological polar surface area (TPSA) is 78.7 Å². The van der Waals surface area contributed by atoms with Gasteiger partial charge in [0.25, 0.3) is 5.91 Å². The Hall–Kier alpha value is -3.37. The van der Waals surface area contributed by atoms with Gasteiger partial charge in [-0.05, 0) is 63.7 Å². The zero-order chi connectivity index (χ0) is 26.1. The Morgan fingerprint density at radius 1 is 1.22 bits per heavy atom. The molecule has 0 radical (unpaired) electrons. The maximum absolute atomic E-state index is 13.6. The molecule has 0 saturated carbocycles. The Morgan fingerprint density at radius 2 is 2.03 bits per heavy atom. The molecule has 1 saturated heterocycles. The van der Waals surface area contributed by atoms with Crippen molar-refractivity contribution in [2.75, 3.05) is 31.1 Å². The molecule has 0 unspecified atom stereocenters. The Balaban J connectivity index is 1.51. The van der Waals surface area contributed by atoms with Crippen LogP contribution in [-0.2, 0) is 0 Å². The van der Waals surface area contributed by atoms with Gasteiger partial charge in [-0.3, -0.25) is 9.69 Å². The molecule has 1 amide bonds. The average Bonchev–Trinajstić information content (AvgIpc) is 3.52. The van der Waals surface area contributed by atoms with Gasteiger partial charge in [0.05, 0.1) is 28.0 Å². The predicted molar refractivity (Wildman–Crippen MR) is 146 cm³/mol. The van der Waals surface area contributed by atoms with Crippen LogP contribution in [0.3, 0.4) is 0 Å². The molecule has 194 valence electrons. The first-order chi connectivity index (χ1) is 17.9. The molecule has 5 rings (SSSR count). The minimum Gasteiger partial charge on any atom is -0.354 e. The van der Waals surface area contributed by atoms with Crippen LogP contribution in [0.25, 0.3) is 27.5 Å². The zero-order valence-corrected chi connectivity index (χ0v) is 22.4. The molecule has 37 heavy (non-hydrogen) atoms. The van der Waals surface area contributed by atoms with Crippen LogP contribution in [0.1, 0.15) is 44.5 Å². The van der Waals surface area contributed by atoms with Crippen molar-refractivity contribution in [3.8, 4) is 21.8 Å². The molecule has 1 aliphatic rings. The highest BCUT2D eigenvalue weighted by Crippen LogP contribution is 2.32. The summed E-state index contributed by atoms with van der Waals surface area (Å²) in [6.45, 7) is 11.9. The summed E-state index contributed by atoms with van der Waals surface area (Å²) in [7, 11) is 0. The van der Waals surface area contributed by atoms with E-state index in [0.29, 0.717) is 35.2 Å². The highest BCUT2D eigenvalue weighted by atomic mass is 32.1. The van der Waals surface area contributed by atoms with Gasteiger partial charge in [-0.1, -0.05) is 13.8 Å². The Morgan fingerprint density at radius 3 is 2.68 bits per heavy atom. The van der Waals surface area contributed by atoms with E-state index in [1.165, 1.54) is 6.07 Å². The summed E-state index contributed by atoms with van der Waals surface area (Å²) in [6.07, 6.45) is 4.62. The Kier molecular flexibility index (Phi) is 7.21. The van der Waals surface area contributed by atoms with Crippen LogP contribution >= 0.6 is 11.3 Å². The van der Waals surface area contributed by atoms with E-state index in [1.54, 1.807) is 16.8 Å². The number of carbonyl (C=O) groups is 1. The molecule has 1 N–H and O–H groups in total. The van der Waals surface area contributed by atoms with E-state index in [4.69, 9.17) is 9.97 Å². The summed E-state index contributed by atoms with van der Waals surface area (Å²) >= 11 is 1.05. The van der Waals surface area contributed by atoms with Gasteiger partial charge in [0, 0.05) is 36.9 Å². The molecule has 1 aliphatic heterocycles. The summed E-state index contributed by atoms with van der Waals surface area (Å²) in [5.74, 6) is 0.644. The van der Waals surface area contributed by atoms with Gasteiger partial charge in [-0.25, -0.2) is 14.5 Å². The van der Waals surface area contributed by atoms with Crippen molar-refractivity contribution in [1.82, 2.24) is 29.8 Å². The van der Waals surface area contributed by atoms with Gasteiger partial charge in [0.2, 0.25) is 0 Å². The van der Waals surface area contributed by atoms with Crippen molar-refractivity contribution >= 4 is 28.7 Å². The van der Waals surface area contributed by atoms with Gasteiger partial charge in [0.1, 0.15) is 5.82 Å². The number of hydrogen-bond donors (Lipinski definition) is 1. The van der Waals surface area contributed by atoms with E-state index in [1.807, 2.05) is 24.4 Å². The summed E-state index contributed by atoms with van der Waals surface area (Å²) < 4.78 is 15.3. The van der Waals surface area contributed by atoms with Gasteiger partial charge in [0.15, 0.2) is 10.8 Å². The fourth-order valence-electron chi connectivity index (χ4n) is 4.75. The zero-order valence-electron chi connectivity index (χ0n) is 21.6. The van der Waals surface area contributed by atoms with Crippen molar-refractivity contribution in [2.45, 2.75) is 46.2 Å². The molecule has 2 atom stereocenters. The third-order valence-electron chi connectivity index (χ3n) is 7.15. The molecule has 0 aromatic carbocycles. The molecule has 4 aromatic heterocycles. The predicted octanol–water partition coefficient (Wildman–Crippen LogP) is 4.72. The summed E-state index contributed by atoms with van der Waals surface area (Å²) in [4.78, 5) is 28.3. The fourth-order valence-corrected chi connectivity index (χ4v) is 5.45. The second-order valence-electron chi connectivity index (χ2n) is 9.45. The molecular weight excluding hydrogens is 489 g/mol. The lowest BCUT2D eigenvalue weighted by atomic mass is 10.0. The van der Waals surface area contributed by atoms with E-state index >= 15 is 0 Å². The largest absolute Gasteiger partial charge is 0.354 e. The van der Waals surface area contributed by atoms with Crippen molar-refractivity contribution < 1.29 is 9.18 Å². The number of thiophene rings is 1. The van der Waals surface area contributed by atoms with Crippen LogP contribution < -0.4 is 10.2 Å². The van der Waals surface area contributed by atoms with Gasteiger partial charge in [-0.2, -0.15) is 9.49 Å². The number of nitrogens with zero attached hydrogens (tertiary/aromatic N) is 6. The smallest absolute Gasteiger partial charge is 0.251 e. The number of amides is 1. The lowest BCUT2D eigenvalue weighted by molar-refractivity contribution is 0.0938. The van der Waals surface area contributed by atoms with Crippen molar-refractivity contribution in [1.29, 1.82) is 0 Å². The third kappa shape index (κ3) is 5.08. The third-order valence-corrected chi connectivity index (χ3v) is 8.05. The molecule has 1 fully saturated rings. The summed E-state index contributed by atoms with van der Waals surface area (Å²) in [6, 6.07) is 9.26. The van der Waals surface area contributed by atoms with E-state index in [0.717, 1.165) is 53.7 Å². The lowest BCUT2D eigenvalue weighted by Crippen LogP contribution is -2.46. The van der Waals surface area contributed by atoms with Gasteiger partial charge >= 0.3 is 0 Å². The second kappa shape index (κ2) is 10.5. The maximum atomic E-state index is 13.6. The van der Waals surface area contributed by atoms with E-state index in [2.05, 4.69) is 47.9 Å². The van der Waals surface area contributed by atoms with E-state index < -0.39 is 0 Å². The molecular formula is C27H32FN7OS. The summed E-state index contributed by atoms with van der Waals surface area (Å²) in [5, 5.41) is 7.31. The van der Waals surface area contributed by atoms with Gasteiger partial charge < -0.3 is 10.2 Å². The van der Waals surface area contributed by atoms with E-state index in [9.17, 15) is 9.18 Å². The number of hydrogen-bond acceptors (Lipinski definition) is 7. The quantitative estimate of drug-likeness (QED) is 0.344. The molecule has 4 aromatic rings. The number of pyridine rings is 1. The van der Waals surface area contributed by atoms with Crippen LogP contribution in [0.15, 0.2) is 42.7 Å². The highest BCUT2D eigenvalue weighted by molar-refractivity contribution is 7.13. The molecule has 5 heterocycles. The monoisotopic (exact) mass is 521 g/mol. The molecule has 0 aliphatic carbocycles. The molecule has 0 spiro atoms. The van der Waals surface area contributed by atoms with Crippen LogP contribution in [0, 0.1) is 5.13 Å². The van der Waals surface area contributed by atoms with E-state index in [-0.39, 0.29) is 17.1 Å². The first kappa shape index (κ1) is 25.3. The Bertz CT molecular complexity index is 1410. The number of halogens is 1. The van der Waals surface area contributed by atoms with Crippen LogP contribution in [0.2, 0.25) is 0 Å². The number of anilines is 1. The first-order valence-electron chi connectivity index (χ1n) is 12.8. The number of aromatic nitrogens is 4. The highest BCUT2D eigenvalue weighted by Gasteiger charge is 2.27.